The maximum Gasteiger partial charge on any atom is 0.255 e. The van der Waals surface area contributed by atoms with Crippen molar-refractivity contribution in [2.45, 2.75) is 33.3 Å². The Morgan fingerprint density at radius 3 is 2.73 bits per heavy atom. The summed E-state index contributed by atoms with van der Waals surface area (Å²) in [5, 5.41) is 2.90. The van der Waals surface area contributed by atoms with Gasteiger partial charge >= 0.3 is 0 Å². The van der Waals surface area contributed by atoms with Crippen LogP contribution in [0.1, 0.15) is 36.2 Å². The van der Waals surface area contributed by atoms with Gasteiger partial charge in [-0.25, -0.2) is 0 Å². The Hall–Kier alpha value is -1.81. The van der Waals surface area contributed by atoms with Crippen molar-refractivity contribution >= 4 is 27.5 Å². The highest BCUT2D eigenvalue weighted by atomic mass is 79.9. The number of halogens is 1. The van der Waals surface area contributed by atoms with Crippen molar-refractivity contribution in [2.24, 2.45) is 0 Å². The summed E-state index contributed by atoms with van der Waals surface area (Å²) in [5.41, 5.74) is 2.44. The van der Waals surface area contributed by atoms with Crippen LogP contribution in [0, 0.1) is 6.92 Å². The molecule has 2 rings (SSSR count). The van der Waals surface area contributed by atoms with Crippen LogP contribution in [0.4, 0.5) is 5.69 Å². The predicted octanol–water partition coefficient (Wildman–Crippen LogP) is 5.19. The lowest BCUT2D eigenvalue weighted by Crippen LogP contribution is -2.13. The standard InChI is InChI=1S/C18H20BrNO2/c1-4-13(3)22-16-7-5-6-15(11-16)20-18(21)14-9-8-12(2)17(19)10-14/h5-11,13H,4H2,1-3H3,(H,20,21). The second-order valence-corrected chi connectivity index (χ2v) is 6.14. The van der Waals surface area contributed by atoms with Gasteiger partial charge < -0.3 is 10.1 Å². The van der Waals surface area contributed by atoms with Gasteiger partial charge in [0.2, 0.25) is 0 Å². The highest BCUT2D eigenvalue weighted by Crippen LogP contribution is 2.21. The average Bonchev–Trinajstić information content (AvgIpc) is 2.50. The average molecular weight is 362 g/mol. The molecule has 0 saturated heterocycles. The van der Waals surface area contributed by atoms with Crippen LogP contribution in [0.25, 0.3) is 0 Å². The van der Waals surface area contributed by atoms with E-state index in [-0.39, 0.29) is 12.0 Å². The molecule has 0 heterocycles. The molecule has 4 heteroatoms. The van der Waals surface area contributed by atoms with E-state index in [9.17, 15) is 4.79 Å². The molecule has 0 radical (unpaired) electrons. The van der Waals surface area contributed by atoms with Crippen molar-refractivity contribution in [3.63, 3.8) is 0 Å². The van der Waals surface area contributed by atoms with Crippen molar-refractivity contribution in [1.82, 2.24) is 0 Å². The van der Waals surface area contributed by atoms with Gasteiger partial charge in [0.05, 0.1) is 6.10 Å². The minimum Gasteiger partial charge on any atom is -0.491 e. The van der Waals surface area contributed by atoms with Gasteiger partial charge in [0.25, 0.3) is 5.91 Å². The van der Waals surface area contributed by atoms with E-state index in [4.69, 9.17) is 4.74 Å². The van der Waals surface area contributed by atoms with Crippen LogP contribution in [-0.2, 0) is 0 Å². The molecule has 0 aliphatic heterocycles. The van der Waals surface area contributed by atoms with Crippen molar-refractivity contribution in [1.29, 1.82) is 0 Å². The number of amides is 1. The van der Waals surface area contributed by atoms with E-state index in [1.807, 2.05) is 56.3 Å². The topological polar surface area (TPSA) is 38.3 Å². The minimum atomic E-state index is -0.138. The smallest absolute Gasteiger partial charge is 0.255 e. The number of aryl methyl sites for hydroxylation is 1. The summed E-state index contributed by atoms with van der Waals surface area (Å²) in [6.07, 6.45) is 1.09. The van der Waals surface area contributed by atoms with E-state index in [1.165, 1.54) is 0 Å². The van der Waals surface area contributed by atoms with Crippen molar-refractivity contribution < 1.29 is 9.53 Å². The quantitative estimate of drug-likeness (QED) is 0.795. The maximum atomic E-state index is 12.3. The van der Waals surface area contributed by atoms with E-state index >= 15 is 0 Å². The van der Waals surface area contributed by atoms with Crippen LogP contribution in [0.2, 0.25) is 0 Å². The van der Waals surface area contributed by atoms with E-state index in [1.54, 1.807) is 0 Å². The highest BCUT2D eigenvalue weighted by Gasteiger charge is 2.09. The van der Waals surface area contributed by atoms with E-state index in [0.717, 1.165) is 27.9 Å². The fraction of sp³-hybridized carbons (Fsp3) is 0.278. The summed E-state index contributed by atoms with van der Waals surface area (Å²) in [5.74, 6) is 0.624. The molecule has 22 heavy (non-hydrogen) atoms. The Bertz CT molecular complexity index is 670. The zero-order valence-electron chi connectivity index (χ0n) is 13.0. The van der Waals surface area contributed by atoms with Crippen molar-refractivity contribution in [3.8, 4) is 5.75 Å². The minimum absolute atomic E-state index is 0.138. The third-order valence-corrected chi connectivity index (χ3v) is 4.29. The molecule has 2 aromatic rings. The molecular formula is C18H20BrNO2. The molecule has 1 amide bonds. The van der Waals surface area contributed by atoms with Gasteiger partial charge in [-0.2, -0.15) is 0 Å². The fourth-order valence-corrected chi connectivity index (χ4v) is 2.28. The van der Waals surface area contributed by atoms with Crippen LogP contribution in [0.15, 0.2) is 46.9 Å². The maximum absolute atomic E-state index is 12.3. The summed E-state index contributed by atoms with van der Waals surface area (Å²) < 4.78 is 6.69. The van der Waals surface area contributed by atoms with Crippen LogP contribution in [0.3, 0.4) is 0 Å². The Balaban J connectivity index is 2.11. The third kappa shape index (κ3) is 4.34. The SMILES string of the molecule is CCC(C)Oc1cccc(NC(=O)c2ccc(C)c(Br)c2)c1. The van der Waals surface area contributed by atoms with Gasteiger partial charge in [0, 0.05) is 21.8 Å². The zero-order valence-corrected chi connectivity index (χ0v) is 14.6. The van der Waals surface area contributed by atoms with Gasteiger partial charge in [-0.15, -0.1) is 0 Å². The largest absolute Gasteiger partial charge is 0.491 e. The number of anilines is 1. The van der Waals surface area contributed by atoms with Gasteiger partial charge in [-0.3, -0.25) is 4.79 Å². The lowest BCUT2D eigenvalue weighted by Gasteiger charge is -2.13. The molecule has 0 spiro atoms. The Morgan fingerprint density at radius 1 is 1.27 bits per heavy atom. The highest BCUT2D eigenvalue weighted by molar-refractivity contribution is 9.10. The summed E-state index contributed by atoms with van der Waals surface area (Å²) >= 11 is 3.45. The lowest BCUT2D eigenvalue weighted by molar-refractivity contribution is 0.102. The fourth-order valence-electron chi connectivity index (χ4n) is 1.90. The second-order valence-electron chi connectivity index (χ2n) is 5.28. The first-order chi connectivity index (χ1) is 10.5. The number of hydrogen-bond acceptors (Lipinski definition) is 2. The number of ether oxygens (including phenoxy) is 1. The molecule has 0 fully saturated rings. The molecule has 1 unspecified atom stereocenters. The molecule has 1 N–H and O–H groups in total. The molecule has 1 atom stereocenters. The first-order valence-corrected chi connectivity index (χ1v) is 8.13. The lowest BCUT2D eigenvalue weighted by atomic mass is 10.1. The van der Waals surface area contributed by atoms with E-state index < -0.39 is 0 Å². The molecule has 116 valence electrons. The number of rotatable bonds is 5. The van der Waals surface area contributed by atoms with Crippen molar-refractivity contribution in [2.75, 3.05) is 5.32 Å². The van der Waals surface area contributed by atoms with E-state index in [0.29, 0.717) is 5.56 Å². The van der Waals surface area contributed by atoms with Crippen LogP contribution in [-0.4, -0.2) is 12.0 Å². The first kappa shape index (κ1) is 16.6. The molecule has 0 aliphatic carbocycles. The first-order valence-electron chi connectivity index (χ1n) is 7.34. The van der Waals surface area contributed by atoms with Crippen LogP contribution in [0.5, 0.6) is 5.75 Å². The molecule has 0 bridgehead atoms. The number of benzene rings is 2. The van der Waals surface area contributed by atoms with Gasteiger partial charge in [0.1, 0.15) is 5.75 Å². The molecule has 0 aliphatic rings. The number of hydrogen-bond donors (Lipinski definition) is 1. The van der Waals surface area contributed by atoms with Crippen LogP contribution < -0.4 is 10.1 Å². The van der Waals surface area contributed by atoms with Crippen molar-refractivity contribution in [3.05, 3.63) is 58.1 Å². The zero-order chi connectivity index (χ0) is 16.1. The van der Waals surface area contributed by atoms with Gasteiger partial charge in [-0.1, -0.05) is 35.0 Å². The summed E-state index contributed by atoms with van der Waals surface area (Å²) in [7, 11) is 0. The van der Waals surface area contributed by atoms with E-state index in [2.05, 4.69) is 28.2 Å². The monoisotopic (exact) mass is 361 g/mol. The summed E-state index contributed by atoms with van der Waals surface area (Å²) in [6, 6.07) is 13.0. The third-order valence-electron chi connectivity index (χ3n) is 3.44. The molecule has 3 nitrogen and oxygen atoms in total. The molecular weight excluding hydrogens is 342 g/mol. The molecule has 2 aromatic carbocycles. The Kier molecular flexibility index (Phi) is 5.61. The summed E-state index contributed by atoms with van der Waals surface area (Å²) in [6.45, 7) is 6.09. The van der Waals surface area contributed by atoms with Crippen LogP contribution >= 0.6 is 15.9 Å². The number of carbonyl (C=O) groups excluding carboxylic acids is 1. The van der Waals surface area contributed by atoms with Gasteiger partial charge in [0.15, 0.2) is 0 Å². The summed E-state index contributed by atoms with van der Waals surface area (Å²) in [4.78, 5) is 12.3. The molecule has 0 aromatic heterocycles. The molecule has 0 saturated carbocycles. The second kappa shape index (κ2) is 7.45. The normalized spacial score (nSPS) is 11.8. The number of carbonyl (C=O) groups is 1. The number of nitrogens with one attached hydrogen (secondary N) is 1. The Labute approximate surface area is 139 Å². The van der Waals surface area contributed by atoms with Gasteiger partial charge in [-0.05, 0) is 50.1 Å². The Morgan fingerprint density at radius 2 is 2.05 bits per heavy atom. The predicted molar refractivity (Wildman–Crippen MR) is 93.7 cm³/mol.